The molecule has 88 valence electrons. The monoisotopic (exact) mass is 226 g/mol. The average molecular weight is 226 g/mol. The highest BCUT2D eigenvalue weighted by atomic mass is 15.0. The normalized spacial score (nSPS) is 12.2. The Morgan fingerprint density at radius 1 is 1.00 bits per heavy atom. The zero-order valence-electron chi connectivity index (χ0n) is 10.6. The van der Waals surface area contributed by atoms with Crippen LogP contribution in [0.3, 0.4) is 0 Å². The maximum Gasteiger partial charge on any atom is 0.126 e. The highest BCUT2D eigenvalue weighted by Gasteiger charge is 2.05. The van der Waals surface area contributed by atoms with Crippen LogP contribution in [0.25, 0.3) is 0 Å². The van der Waals surface area contributed by atoms with E-state index < -0.39 is 0 Å². The second-order valence-corrected chi connectivity index (χ2v) is 4.44. The first kappa shape index (κ1) is 11.6. The summed E-state index contributed by atoms with van der Waals surface area (Å²) in [6, 6.07) is 14.9. The zero-order chi connectivity index (χ0) is 12.3. The largest absolute Gasteiger partial charge is 0.364 e. The van der Waals surface area contributed by atoms with E-state index in [1.165, 1.54) is 11.1 Å². The lowest BCUT2D eigenvalue weighted by molar-refractivity contribution is 0.872. The lowest BCUT2D eigenvalue weighted by Gasteiger charge is -2.15. The third kappa shape index (κ3) is 3.06. The van der Waals surface area contributed by atoms with Crippen molar-refractivity contribution in [1.29, 1.82) is 0 Å². The fourth-order valence-electron chi connectivity index (χ4n) is 1.78. The van der Waals surface area contributed by atoms with Gasteiger partial charge in [-0.1, -0.05) is 35.9 Å². The molecule has 0 spiro atoms. The lowest BCUT2D eigenvalue weighted by atomic mass is 10.1. The standard InChI is InChI=1S/C15H18N2/c1-11-7-9-14(10-8-11)13(3)17-15-6-4-5-12(2)16-15/h4-10,13H,1-3H3,(H,16,17). The molecule has 0 aliphatic rings. The van der Waals surface area contributed by atoms with E-state index >= 15 is 0 Å². The van der Waals surface area contributed by atoms with Gasteiger partial charge < -0.3 is 5.32 Å². The molecule has 0 aliphatic carbocycles. The van der Waals surface area contributed by atoms with Crippen molar-refractivity contribution >= 4 is 5.82 Å². The van der Waals surface area contributed by atoms with Crippen molar-refractivity contribution in [2.24, 2.45) is 0 Å². The minimum absolute atomic E-state index is 0.268. The number of hydrogen-bond acceptors (Lipinski definition) is 2. The number of rotatable bonds is 3. The van der Waals surface area contributed by atoms with Crippen molar-refractivity contribution in [3.8, 4) is 0 Å². The predicted octanol–water partition coefficient (Wildman–Crippen LogP) is 3.87. The molecule has 1 aromatic heterocycles. The molecule has 0 amide bonds. The van der Waals surface area contributed by atoms with E-state index in [0.717, 1.165) is 11.5 Å². The Morgan fingerprint density at radius 3 is 2.35 bits per heavy atom. The molecule has 1 atom stereocenters. The number of aromatic nitrogens is 1. The van der Waals surface area contributed by atoms with E-state index in [-0.39, 0.29) is 6.04 Å². The molecule has 2 heteroatoms. The molecule has 0 saturated carbocycles. The number of benzene rings is 1. The highest BCUT2D eigenvalue weighted by Crippen LogP contribution is 2.18. The lowest BCUT2D eigenvalue weighted by Crippen LogP contribution is -2.08. The van der Waals surface area contributed by atoms with Crippen molar-refractivity contribution in [2.75, 3.05) is 5.32 Å². The van der Waals surface area contributed by atoms with Gasteiger partial charge in [0, 0.05) is 11.7 Å². The summed E-state index contributed by atoms with van der Waals surface area (Å²) < 4.78 is 0. The Kier molecular flexibility index (Phi) is 3.43. The fourth-order valence-corrected chi connectivity index (χ4v) is 1.78. The molecule has 0 saturated heterocycles. The fraction of sp³-hybridized carbons (Fsp3) is 0.267. The molecule has 1 heterocycles. The molecule has 0 radical (unpaired) electrons. The van der Waals surface area contributed by atoms with Crippen LogP contribution in [0.5, 0.6) is 0 Å². The Labute approximate surface area is 103 Å². The molecule has 0 aliphatic heterocycles. The van der Waals surface area contributed by atoms with Gasteiger partial charge in [-0.3, -0.25) is 0 Å². The molecule has 2 rings (SSSR count). The molecule has 17 heavy (non-hydrogen) atoms. The summed E-state index contributed by atoms with van der Waals surface area (Å²) in [7, 11) is 0. The van der Waals surface area contributed by atoms with Gasteiger partial charge in [0.05, 0.1) is 0 Å². The molecular weight excluding hydrogens is 208 g/mol. The van der Waals surface area contributed by atoms with Crippen LogP contribution in [0.4, 0.5) is 5.82 Å². The van der Waals surface area contributed by atoms with Crippen molar-refractivity contribution in [3.63, 3.8) is 0 Å². The van der Waals surface area contributed by atoms with Crippen molar-refractivity contribution in [1.82, 2.24) is 4.98 Å². The summed E-state index contributed by atoms with van der Waals surface area (Å²) in [5, 5.41) is 3.41. The molecule has 1 N–H and O–H groups in total. The Hall–Kier alpha value is -1.83. The Bertz CT molecular complexity index is 489. The Morgan fingerprint density at radius 2 is 1.71 bits per heavy atom. The van der Waals surface area contributed by atoms with Gasteiger partial charge in [-0.15, -0.1) is 0 Å². The maximum absolute atomic E-state index is 4.45. The molecule has 0 fully saturated rings. The minimum atomic E-state index is 0.268. The van der Waals surface area contributed by atoms with Gasteiger partial charge in [0.1, 0.15) is 5.82 Å². The van der Waals surface area contributed by atoms with Crippen LogP contribution in [0.1, 0.15) is 29.8 Å². The van der Waals surface area contributed by atoms with Crippen LogP contribution >= 0.6 is 0 Å². The van der Waals surface area contributed by atoms with Crippen LogP contribution in [0.2, 0.25) is 0 Å². The van der Waals surface area contributed by atoms with Crippen LogP contribution in [-0.4, -0.2) is 4.98 Å². The summed E-state index contributed by atoms with van der Waals surface area (Å²) in [5.74, 6) is 0.929. The number of nitrogens with zero attached hydrogens (tertiary/aromatic N) is 1. The number of hydrogen-bond donors (Lipinski definition) is 1. The van der Waals surface area contributed by atoms with Crippen LogP contribution in [-0.2, 0) is 0 Å². The molecule has 1 unspecified atom stereocenters. The van der Waals surface area contributed by atoms with Gasteiger partial charge in [-0.05, 0) is 38.5 Å². The van der Waals surface area contributed by atoms with E-state index in [0.29, 0.717) is 0 Å². The third-order valence-corrected chi connectivity index (χ3v) is 2.83. The van der Waals surface area contributed by atoms with Crippen molar-refractivity contribution < 1.29 is 0 Å². The molecular formula is C15H18N2. The summed E-state index contributed by atoms with van der Waals surface area (Å²) in [6.07, 6.45) is 0. The predicted molar refractivity (Wildman–Crippen MR) is 72.2 cm³/mol. The quantitative estimate of drug-likeness (QED) is 0.859. The van der Waals surface area contributed by atoms with Gasteiger partial charge in [-0.25, -0.2) is 4.98 Å². The second kappa shape index (κ2) is 5.00. The molecule has 2 aromatic rings. The topological polar surface area (TPSA) is 24.9 Å². The molecule has 0 bridgehead atoms. The van der Waals surface area contributed by atoms with Gasteiger partial charge in [0.15, 0.2) is 0 Å². The van der Waals surface area contributed by atoms with Crippen LogP contribution in [0.15, 0.2) is 42.5 Å². The number of nitrogens with one attached hydrogen (secondary N) is 1. The summed E-state index contributed by atoms with van der Waals surface area (Å²) in [4.78, 5) is 4.45. The van der Waals surface area contributed by atoms with Crippen LogP contribution < -0.4 is 5.32 Å². The first-order valence-electron chi connectivity index (χ1n) is 5.92. The number of anilines is 1. The van der Waals surface area contributed by atoms with Gasteiger partial charge in [0.2, 0.25) is 0 Å². The first-order valence-corrected chi connectivity index (χ1v) is 5.92. The minimum Gasteiger partial charge on any atom is -0.364 e. The number of pyridine rings is 1. The van der Waals surface area contributed by atoms with Gasteiger partial charge in [0.25, 0.3) is 0 Å². The summed E-state index contributed by atoms with van der Waals surface area (Å²) in [5.41, 5.74) is 3.60. The van der Waals surface area contributed by atoms with Gasteiger partial charge >= 0.3 is 0 Å². The smallest absolute Gasteiger partial charge is 0.126 e. The van der Waals surface area contributed by atoms with Gasteiger partial charge in [-0.2, -0.15) is 0 Å². The Balaban J connectivity index is 2.11. The maximum atomic E-state index is 4.45. The zero-order valence-corrected chi connectivity index (χ0v) is 10.6. The van der Waals surface area contributed by atoms with Crippen molar-refractivity contribution in [2.45, 2.75) is 26.8 Å². The SMILES string of the molecule is Cc1ccc(C(C)Nc2cccc(C)n2)cc1. The highest BCUT2D eigenvalue weighted by molar-refractivity contribution is 5.39. The number of aryl methyl sites for hydroxylation is 2. The summed E-state index contributed by atoms with van der Waals surface area (Å²) in [6.45, 7) is 6.25. The first-order chi connectivity index (χ1) is 8.15. The van der Waals surface area contributed by atoms with E-state index in [4.69, 9.17) is 0 Å². The second-order valence-electron chi connectivity index (χ2n) is 4.44. The van der Waals surface area contributed by atoms with E-state index in [1.807, 2.05) is 25.1 Å². The van der Waals surface area contributed by atoms with Crippen molar-refractivity contribution in [3.05, 3.63) is 59.3 Å². The van der Waals surface area contributed by atoms with E-state index in [2.05, 4.69) is 48.4 Å². The molecule has 2 nitrogen and oxygen atoms in total. The van der Waals surface area contributed by atoms with E-state index in [1.54, 1.807) is 0 Å². The average Bonchev–Trinajstić information content (AvgIpc) is 2.29. The third-order valence-electron chi connectivity index (χ3n) is 2.83. The summed E-state index contributed by atoms with van der Waals surface area (Å²) >= 11 is 0. The van der Waals surface area contributed by atoms with Crippen LogP contribution in [0, 0.1) is 13.8 Å². The van der Waals surface area contributed by atoms with E-state index in [9.17, 15) is 0 Å². The molecule has 1 aromatic carbocycles.